The Balaban J connectivity index is 1.64. The molecule has 5 nitrogen and oxygen atoms in total. The summed E-state index contributed by atoms with van der Waals surface area (Å²) in [6.45, 7) is 6.08. The van der Waals surface area contributed by atoms with Gasteiger partial charge >= 0.3 is 0 Å². The van der Waals surface area contributed by atoms with Crippen molar-refractivity contribution in [2.75, 3.05) is 18.0 Å². The fourth-order valence-corrected chi connectivity index (χ4v) is 4.93. The Hall–Kier alpha value is -2.47. The van der Waals surface area contributed by atoms with Gasteiger partial charge in [0.05, 0.1) is 16.3 Å². The molecular weight excluding hydrogens is 368 g/mol. The van der Waals surface area contributed by atoms with E-state index >= 15 is 0 Å². The molecule has 2 aromatic heterocycles. The van der Waals surface area contributed by atoms with Crippen molar-refractivity contribution in [1.82, 2.24) is 15.3 Å². The molecule has 1 N–H and O–H groups in total. The van der Waals surface area contributed by atoms with Gasteiger partial charge in [-0.2, -0.15) is 0 Å². The van der Waals surface area contributed by atoms with E-state index < -0.39 is 0 Å². The Bertz CT molecular complexity index is 961. The van der Waals surface area contributed by atoms with Gasteiger partial charge in [-0.15, -0.1) is 11.3 Å². The summed E-state index contributed by atoms with van der Waals surface area (Å²) in [5.41, 5.74) is 2.08. The topological polar surface area (TPSA) is 58.1 Å². The van der Waals surface area contributed by atoms with E-state index in [1.54, 1.807) is 6.33 Å². The van der Waals surface area contributed by atoms with E-state index in [1.807, 2.05) is 44.2 Å². The molecule has 146 valence electrons. The molecular formula is C22H26N4OS. The van der Waals surface area contributed by atoms with Crippen LogP contribution >= 0.6 is 11.3 Å². The summed E-state index contributed by atoms with van der Waals surface area (Å²) >= 11 is 1.46. The molecule has 4 rings (SSSR count). The van der Waals surface area contributed by atoms with Crippen molar-refractivity contribution in [2.24, 2.45) is 0 Å². The number of nitrogens with zero attached hydrogens (tertiary/aromatic N) is 3. The molecule has 0 saturated carbocycles. The van der Waals surface area contributed by atoms with Gasteiger partial charge in [0.15, 0.2) is 0 Å². The van der Waals surface area contributed by atoms with Crippen molar-refractivity contribution in [1.29, 1.82) is 0 Å². The van der Waals surface area contributed by atoms with Gasteiger partial charge in [-0.05, 0) is 37.8 Å². The maximum Gasteiger partial charge on any atom is 0.262 e. The quantitative estimate of drug-likeness (QED) is 0.686. The Kier molecular flexibility index (Phi) is 5.57. The number of carbonyl (C=O) groups is 1. The minimum absolute atomic E-state index is 0.0429. The molecule has 28 heavy (non-hydrogen) atoms. The first-order chi connectivity index (χ1) is 13.6. The van der Waals surface area contributed by atoms with E-state index in [1.165, 1.54) is 37.0 Å². The third-order valence-electron chi connectivity index (χ3n) is 5.47. The fraction of sp³-hybridized carbons (Fsp3) is 0.409. The van der Waals surface area contributed by atoms with Gasteiger partial charge in [0, 0.05) is 13.1 Å². The van der Waals surface area contributed by atoms with Gasteiger partial charge in [0.25, 0.3) is 5.91 Å². The molecule has 0 spiro atoms. The third-order valence-corrected chi connectivity index (χ3v) is 6.66. The molecule has 1 fully saturated rings. The summed E-state index contributed by atoms with van der Waals surface area (Å²) in [6.07, 6.45) is 6.57. The Morgan fingerprint density at radius 1 is 1.11 bits per heavy atom. The van der Waals surface area contributed by atoms with Crippen molar-refractivity contribution in [2.45, 2.75) is 45.6 Å². The molecule has 1 atom stereocenters. The highest BCUT2D eigenvalue weighted by Crippen LogP contribution is 2.35. The van der Waals surface area contributed by atoms with Crippen LogP contribution in [0.15, 0.2) is 36.7 Å². The molecule has 6 heteroatoms. The van der Waals surface area contributed by atoms with Gasteiger partial charge < -0.3 is 10.2 Å². The summed E-state index contributed by atoms with van der Waals surface area (Å²) in [7, 11) is 0. The lowest BCUT2D eigenvalue weighted by Gasteiger charge is -2.22. The van der Waals surface area contributed by atoms with Crippen LogP contribution in [0.25, 0.3) is 10.2 Å². The fourth-order valence-electron chi connectivity index (χ4n) is 3.88. The highest BCUT2D eigenvalue weighted by Gasteiger charge is 2.23. The van der Waals surface area contributed by atoms with Crippen molar-refractivity contribution >= 4 is 33.3 Å². The van der Waals surface area contributed by atoms with Crippen LogP contribution in [0.5, 0.6) is 0 Å². The molecule has 1 amide bonds. The van der Waals surface area contributed by atoms with Gasteiger partial charge in [0.2, 0.25) is 0 Å². The lowest BCUT2D eigenvalue weighted by molar-refractivity contribution is 0.0943. The van der Waals surface area contributed by atoms with E-state index in [0.29, 0.717) is 0 Å². The maximum absolute atomic E-state index is 13.0. The largest absolute Gasteiger partial charge is 0.356 e. The number of hydrogen-bond donors (Lipinski definition) is 1. The molecule has 1 aliphatic rings. The number of benzene rings is 1. The van der Waals surface area contributed by atoms with Crippen LogP contribution in [-0.2, 0) is 0 Å². The van der Waals surface area contributed by atoms with E-state index in [-0.39, 0.29) is 11.9 Å². The van der Waals surface area contributed by atoms with Crippen LogP contribution in [0.4, 0.5) is 5.82 Å². The average molecular weight is 395 g/mol. The van der Waals surface area contributed by atoms with E-state index in [0.717, 1.165) is 45.1 Å². The lowest BCUT2D eigenvalue weighted by atomic mass is 10.1. The zero-order valence-corrected chi connectivity index (χ0v) is 17.3. The van der Waals surface area contributed by atoms with Crippen LogP contribution in [0.1, 0.15) is 59.4 Å². The van der Waals surface area contributed by atoms with Crippen molar-refractivity contribution in [3.63, 3.8) is 0 Å². The molecule has 0 bridgehead atoms. The van der Waals surface area contributed by atoms with E-state index in [9.17, 15) is 4.79 Å². The summed E-state index contributed by atoms with van der Waals surface area (Å²) < 4.78 is 0. The van der Waals surface area contributed by atoms with Crippen LogP contribution in [0, 0.1) is 6.92 Å². The number of thiophene rings is 1. The molecule has 1 aromatic carbocycles. The van der Waals surface area contributed by atoms with Crippen LogP contribution in [-0.4, -0.2) is 29.0 Å². The molecule has 0 radical (unpaired) electrons. The van der Waals surface area contributed by atoms with Gasteiger partial charge in [-0.1, -0.05) is 43.2 Å². The standard InChI is InChI=1S/C22H26N4OS/c1-15-18-20(26-12-8-3-4-9-13-26)23-14-24-22(18)28-19(15)21(27)25-16(2)17-10-6-5-7-11-17/h5-7,10-11,14,16H,3-4,8-9,12-13H2,1-2H3,(H,25,27)/t16-/m1/s1. The number of aryl methyl sites for hydroxylation is 1. The van der Waals surface area contributed by atoms with Gasteiger partial charge in [-0.25, -0.2) is 9.97 Å². The molecule has 0 unspecified atom stereocenters. The second-order valence-electron chi connectivity index (χ2n) is 7.44. The van der Waals surface area contributed by atoms with Gasteiger partial charge in [0.1, 0.15) is 17.0 Å². The Morgan fingerprint density at radius 3 is 2.54 bits per heavy atom. The normalized spacial score (nSPS) is 16.0. The molecule has 0 aliphatic carbocycles. The SMILES string of the molecule is Cc1c(C(=O)N[C@H](C)c2ccccc2)sc2ncnc(N3CCCCCC3)c12. The van der Waals surface area contributed by atoms with Crippen molar-refractivity contribution in [3.8, 4) is 0 Å². The second-order valence-corrected chi connectivity index (χ2v) is 8.44. The Morgan fingerprint density at radius 2 is 1.82 bits per heavy atom. The first-order valence-electron chi connectivity index (χ1n) is 10.00. The van der Waals surface area contributed by atoms with Crippen LogP contribution in [0.2, 0.25) is 0 Å². The molecule has 3 aromatic rings. The van der Waals surface area contributed by atoms with Crippen molar-refractivity contribution in [3.05, 3.63) is 52.7 Å². The number of carbonyl (C=O) groups excluding carboxylic acids is 1. The second kappa shape index (κ2) is 8.27. The van der Waals surface area contributed by atoms with E-state index in [2.05, 4.69) is 20.2 Å². The first-order valence-corrected chi connectivity index (χ1v) is 10.8. The highest BCUT2D eigenvalue weighted by molar-refractivity contribution is 7.20. The number of hydrogen-bond acceptors (Lipinski definition) is 5. The van der Waals surface area contributed by atoms with Crippen LogP contribution in [0.3, 0.4) is 0 Å². The maximum atomic E-state index is 13.0. The number of fused-ring (bicyclic) bond motifs is 1. The number of amides is 1. The number of aromatic nitrogens is 2. The smallest absolute Gasteiger partial charge is 0.262 e. The van der Waals surface area contributed by atoms with Gasteiger partial charge in [-0.3, -0.25) is 4.79 Å². The number of nitrogens with one attached hydrogen (secondary N) is 1. The predicted molar refractivity (Wildman–Crippen MR) is 115 cm³/mol. The lowest BCUT2D eigenvalue weighted by Crippen LogP contribution is -2.26. The third kappa shape index (κ3) is 3.74. The summed E-state index contributed by atoms with van der Waals surface area (Å²) in [4.78, 5) is 26.1. The van der Waals surface area contributed by atoms with Crippen molar-refractivity contribution < 1.29 is 4.79 Å². The molecule has 1 aliphatic heterocycles. The molecule has 3 heterocycles. The summed E-state index contributed by atoms with van der Waals surface area (Å²) in [5.74, 6) is 0.939. The molecule has 1 saturated heterocycles. The first kappa shape index (κ1) is 18.9. The summed E-state index contributed by atoms with van der Waals surface area (Å²) in [6, 6.07) is 9.99. The minimum Gasteiger partial charge on any atom is -0.356 e. The number of anilines is 1. The van der Waals surface area contributed by atoms with Crippen LogP contribution < -0.4 is 10.2 Å². The average Bonchev–Trinajstić information content (AvgIpc) is 2.89. The number of rotatable bonds is 4. The minimum atomic E-state index is -0.0468. The monoisotopic (exact) mass is 394 g/mol. The predicted octanol–water partition coefficient (Wildman–Crippen LogP) is 4.87. The zero-order chi connectivity index (χ0) is 19.5. The van der Waals surface area contributed by atoms with E-state index in [4.69, 9.17) is 0 Å². The summed E-state index contributed by atoms with van der Waals surface area (Å²) in [5, 5.41) is 4.17. The zero-order valence-electron chi connectivity index (χ0n) is 16.4. The Labute approximate surface area is 169 Å². The highest BCUT2D eigenvalue weighted by atomic mass is 32.1.